The molecule has 0 amide bonds. The van der Waals surface area contributed by atoms with Crippen molar-refractivity contribution in [3.63, 3.8) is 0 Å². The number of nitrogens with two attached hydrogens (primary N) is 1. The maximum atomic E-state index is 12.8. The lowest BCUT2D eigenvalue weighted by molar-refractivity contribution is -0.137. The number of benzene rings is 1. The predicted octanol–water partition coefficient (Wildman–Crippen LogP) is 3.36. The number of nitrogen functional groups attached to an aromatic ring is 1. The van der Waals surface area contributed by atoms with Crippen LogP contribution in [0.15, 0.2) is 12.1 Å². The summed E-state index contributed by atoms with van der Waals surface area (Å²) in [6.07, 6.45) is -4.67. The molecule has 2 N–H and O–H groups in total. The Balaban J connectivity index is 2.71. The Hall–Kier alpha value is -1.62. The van der Waals surface area contributed by atoms with Gasteiger partial charge < -0.3 is 10.3 Å². The number of hydrogen-bond donors (Lipinski definition) is 1. The van der Waals surface area contributed by atoms with Crippen molar-refractivity contribution in [2.24, 2.45) is 0 Å². The van der Waals surface area contributed by atoms with Gasteiger partial charge in [0.1, 0.15) is 17.2 Å². The van der Waals surface area contributed by atoms with Gasteiger partial charge in [0.25, 0.3) is 0 Å². The summed E-state index contributed by atoms with van der Waals surface area (Å²) in [5.74, 6) is -1.45. The first kappa shape index (κ1) is 19.7. The van der Waals surface area contributed by atoms with Crippen LogP contribution < -0.4 is 5.73 Å². The Morgan fingerprint density at radius 3 is 2.28 bits per heavy atom. The van der Waals surface area contributed by atoms with Crippen molar-refractivity contribution < 1.29 is 26.7 Å². The third-order valence-electron chi connectivity index (χ3n) is 3.17. The number of alkyl halides is 3. The number of hydrogen-bond acceptors (Lipinski definition) is 5. The van der Waals surface area contributed by atoms with E-state index >= 15 is 0 Å². The molecule has 2 rings (SSSR count). The van der Waals surface area contributed by atoms with Crippen molar-refractivity contribution in [3.05, 3.63) is 39.0 Å². The van der Waals surface area contributed by atoms with Gasteiger partial charge in [0.2, 0.25) is 0 Å². The number of rotatable bonds is 4. The average Bonchev–Trinajstić information content (AvgIpc) is 2.75. The summed E-state index contributed by atoms with van der Waals surface area (Å²) in [5.41, 5.74) is 4.21. The first-order valence-electron chi connectivity index (χ1n) is 6.44. The Labute approximate surface area is 152 Å². The summed E-state index contributed by atoms with van der Waals surface area (Å²) in [6.45, 7) is 1.14. The lowest BCUT2D eigenvalue weighted by Crippen LogP contribution is -2.09. The number of halogens is 5. The molecule has 1 aromatic heterocycles. The van der Waals surface area contributed by atoms with E-state index in [1.54, 1.807) is 0 Å². The largest absolute Gasteiger partial charge is 0.772 e. The van der Waals surface area contributed by atoms with E-state index in [4.69, 9.17) is 28.9 Å². The molecule has 1 heterocycles. The number of anilines is 1. The molecule has 0 fully saturated rings. The molecule has 136 valence electrons. The van der Waals surface area contributed by atoms with Crippen LogP contribution >= 0.6 is 23.2 Å². The van der Waals surface area contributed by atoms with Crippen molar-refractivity contribution in [2.45, 2.75) is 18.9 Å². The third kappa shape index (κ3) is 3.97. The molecule has 6 nitrogen and oxygen atoms in total. The van der Waals surface area contributed by atoms with E-state index < -0.39 is 44.4 Å². The summed E-state index contributed by atoms with van der Waals surface area (Å²) in [4.78, 5) is 11.7. The fourth-order valence-electron chi connectivity index (χ4n) is 2.11. The second kappa shape index (κ2) is 6.94. The highest BCUT2D eigenvalue weighted by Crippen LogP contribution is 2.38. The van der Waals surface area contributed by atoms with Gasteiger partial charge in [0.05, 0.1) is 15.6 Å². The van der Waals surface area contributed by atoms with Gasteiger partial charge in [-0.05, 0) is 12.1 Å². The molecule has 0 aliphatic heterocycles. The minimum Gasteiger partial charge on any atom is -0.772 e. The number of aromatic nitrogens is 2. The Morgan fingerprint density at radius 2 is 1.88 bits per heavy atom. The van der Waals surface area contributed by atoms with Crippen LogP contribution in [0.25, 0.3) is 5.69 Å². The van der Waals surface area contributed by atoms with E-state index in [1.165, 1.54) is 0 Å². The van der Waals surface area contributed by atoms with E-state index in [1.807, 2.05) is 0 Å². The second-order valence-corrected chi connectivity index (χ2v) is 6.63. The maximum Gasteiger partial charge on any atom is 0.416 e. The van der Waals surface area contributed by atoms with E-state index in [0.717, 1.165) is 11.6 Å². The lowest BCUT2D eigenvalue weighted by Gasteiger charge is -2.13. The normalized spacial score (nSPS) is 13.1. The Kier molecular flexibility index (Phi) is 5.47. The molecular weight excluding hydrogens is 406 g/mol. The zero-order valence-corrected chi connectivity index (χ0v) is 14.7. The number of carbonyl (C=O) groups is 1. The molecule has 0 spiro atoms. The van der Waals surface area contributed by atoms with Crippen LogP contribution in [0.2, 0.25) is 10.0 Å². The van der Waals surface area contributed by atoms with Crippen LogP contribution in [0.1, 0.15) is 28.5 Å². The second-order valence-electron chi connectivity index (χ2n) is 4.91. The third-order valence-corrected chi connectivity index (χ3v) is 4.28. The van der Waals surface area contributed by atoms with Crippen LogP contribution in [0.5, 0.6) is 0 Å². The molecule has 1 atom stereocenters. The van der Waals surface area contributed by atoms with Gasteiger partial charge in [-0.2, -0.15) is 18.3 Å². The van der Waals surface area contributed by atoms with Gasteiger partial charge in [-0.1, -0.05) is 34.3 Å². The number of ketones is 1. The van der Waals surface area contributed by atoms with Crippen molar-refractivity contribution >= 4 is 45.9 Å². The number of nitrogens with zero attached hydrogens (tertiary/aromatic N) is 2. The zero-order chi connectivity index (χ0) is 19.1. The van der Waals surface area contributed by atoms with E-state index in [2.05, 4.69) is 5.10 Å². The van der Waals surface area contributed by atoms with Crippen molar-refractivity contribution in [1.29, 1.82) is 0 Å². The van der Waals surface area contributed by atoms with Crippen LogP contribution in [-0.2, 0) is 23.0 Å². The van der Waals surface area contributed by atoms with Crippen molar-refractivity contribution in [1.82, 2.24) is 9.78 Å². The van der Waals surface area contributed by atoms with Gasteiger partial charge in [0, 0.05) is 18.2 Å². The topological polar surface area (TPSA) is 101 Å². The molecule has 0 aliphatic rings. The lowest BCUT2D eigenvalue weighted by atomic mass is 10.2. The van der Waals surface area contributed by atoms with Crippen LogP contribution in [0.3, 0.4) is 0 Å². The van der Waals surface area contributed by atoms with Crippen molar-refractivity contribution in [3.8, 4) is 5.69 Å². The SMILES string of the molecule is CC(=O)c1nn(-c2c(Cl)cc(C(F)(F)F)cc2Cl)c(N)c1CS(=O)[O-]. The molecule has 25 heavy (non-hydrogen) atoms. The standard InChI is InChI=1S/C13H10Cl2F3N3O3S/c1-5(22)10-7(4-25(23)24)12(19)21(20-10)11-8(14)2-6(3-9(11)15)13(16,17)18/h2-3H,4,19H2,1H3,(H,23,24)/p-1. The Morgan fingerprint density at radius 1 is 1.36 bits per heavy atom. The molecule has 0 saturated carbocycles. The zero-order valence-electron chi connectivity index (χ0n) is 12.4. The van der Waals surface area contributed by atoms with Gasteiger partial charge >= 0.3 is 6.18 Å². The van der Waals surface area contributed by atoms with Crippen LogP contribution in [0, 0.1) is 0 Å². The highest BCUT2D eigenvalue weighted by Gasteiger charge is 2.33. The molecule has 0 saturated heterocycles. The summed E-state index contributed by atoms with van der Waals surface area (Å²) in [5, 5.41) is 3.03. The average molecular weight is 415 g/mol. The molecule has 2 aromatic rings. The van der Waals surface area contributed by atoms with E-state index in [-0.39, 0.29) is 22.8 Å². The van der Waals surface area contributed by atoms with Gasteiger partial charge in [-0.3, -0.25) is 9.00 Å². The first-order valence-corrected chi connectivity index (χ1v) is 8.44. The van der Waals surface area contributed by atoms with Gasteiger partial charge in [-0.15, -0.1) is 0 Å². The quantitative estimate of drug-likeness (QED) is 0.610. The van der Waals surface area contributed by atoms with E-state index in [0.29, 0.717) is 12.1 Å². The molecule has 0 aliphatic carbocycles. The predicted molar refractivity (Wildman–Crippen MR) is 85.6 cm³/mol. The monoisotopic (exact) mass is 414 g/mol. The minimum absolute atomic E-state index is 0.0899. The Bertz CT molecular complexity index is 860. The van der Waals surface area contributed by atoms with Gasteiger partial charge in [0.15, 0.2) is 5.78 Å². The van der Waals surface area contributed by atoms with Gasteiger partial charge in [-0.25, -0.2) is 4.68 Å². The maximum absolute atomic E-state index is 12.8. The summed E-state index contributed by atoms with van der Waals surface area (Å²) < 4.78 is 61.2. The highest BCUT2D eigenvalue weighted by molar-refractivity contribution is 7.78. The number of carbonyl (C=O) groups excluding carboxylic acids is 1. The first-order chi connectivity index (χ1) is 11.4. The van der Waals surface area contributed by atoms with Crippen LogP contribution in [0.4, 0.5) is 19.0 Å². The highest BCUT2D eigenvalue weighted by atomic mass is 35.5. The molecule has 12 heteroatoms. The summed E-state index contributed by atoms with van der Waals surface area (Å²) >= 11 is 9.20. The molecule has 1 aromatic carbocycles. The van der Waals surface area contributed by atoms with E-state index in [9.17, 15) is 26.7 Å². The molecule has 0 bridgehead atoms. The molecule has 0 radical (unpaired) electrons. The minimum atomic E-state index is -4.67. The molecular formula is C13H9Cl2F3N3O3S-. The van der Waals surface area contributed by atoms with Crippen LogP contribution in [-0.4, -0.2) is 24.3 Å². The fraction of sp³-hybridized carbons (Fsp3) is 0.231. The summed E-state index contributed by atoms with van der Waals surface area (Å²) in [6, 6.07) is 1.26. The fourth-order valence-corrected chi connectivity index (χ4v) is 3.28. The van der Waals surface area contributed by atoms with Crippen molar-refractivity contribution in [2.75, 3.05) is 5.73 Å². The number of Topliss-reactive ketones (excluding diaryl/α,β-unsaturated/α-hetero) is 1. The molecule has 1 unspecified atom stereocenters. The summed E-state index contributed by atoms with van der Waals surface area (Å²) in [7, 11) is 0. The smallest absolute Gasteiger partial charge is 0.416 e.